The first-order valence-corrected chi connectivity index (χ1v) is 9.60. The van der Waals surface area contributed by atoms with Gasteiger partial charge in [-0.05, 0) is 24.5 Å². The van der Waals surface area contributed by atoms with Gasteiger partial charge >= 0.3 is 0 Å². The molecule has 2 aromatic rings. The lowest BCUT2D eigenvalue weighted by atomic mass is 10.00. The zero-order valence-electron chi connectivity index (χ0n) is 14.6. The number of aryl methyl sites for hydroxylation is 1. The third kappa shape index (κ3) is 4.98. The second-order valence-electron chi connectivity index (χ2n) is 6.05. The van der Waals surface area contributed by atoms with Gasteiger partial charge in [0, 0.05) is 19.2 Å². The van der Waals surface area contributed by atoms with Gasteiger partial charge in [-0.3, -0.25) is 9.59 Å². The summed E-state index contributed by atoms with van der Waals surface area (Å²) >= 11 is 1.30. The highest BCUT2D eigenvalue weighted by atomic mass is 32.2. The normalized spacial score (nSPS) is 14.0. The van der Waals surface area contributed by atoms with Crippen molar-refractivity contribution in [2.75, 3.05) is 29.9 Å². The first kappa shape index (κ1) is 18.3. The van der Waals surface area contributed by atoms with Crippen LogP contribution in [0.3, 0.4) is 0 Å². The SMILES string of the molecule is Cc1cc(NC(=O)CSCC(=O)N2CC=C(c3ccccc3)CC2)no1. The number of nitrogens with zero attached hydrogens (tertiary/aromatic N) is 2. The number of aromatic nitrogens is 1. The maximum Gasteiger partial charge on any atom is 0.235 e. The van der Waals surface area contributed by atoms with Crippen LogP contribution in [0.5, 0.6) is 0 Å². The molecule has 0 saturated carbocycles. The molecule has 6 nitrogen and oxygen atoms in total. The molecular weight excluding hydrogens is 350 g/mol. The molecule has 1 aromatic heterocycles. The largest absolute Gasteiger partial charge is 0.360 e. The molecule has 1 aliphatic heterocycles. The summed E-state index contributed by atoms with van der Waals surface area (Å²) in [7, 11) is 0. The van der Waals surface area contributed by atoms with Crippen LogP contribution >= 0.6 is 11.8 Å². The molecule has 1 aliphatic rings. The second-order valence-corrected chi connectivity index (χ2v) is 7.03. The molecule has 0 radical (unpaired) electrons. The number of hydrogen-bond donors (Lipinski definition) is 1. The van der Waals surface area contributed by atoms with E-state index in [1.165, 1.54) is 22.9 Å². The van der Waals surface area contributed by atoms with Gasteiger partial charge in [0.2, 0.25) is 11.8 Å². The van der Waals surface area contributed by atoms with Crippen molar-refractivity contribution >= 4 is 35.0 Å². The zero-order valence-corrected chi connectivity index (χ0v) is 15.4. The Morgan fingerprint density at radius 2 is 2.08 bits per heavy atom. The quantitative estimate of drug-likeness (QED) is 0.845. The van der Waals surface area contributed by atoms with Gasteiger partial charge in [-0.2, -0.15) is 0 Å². The summed E-state index contributed by atoms with van der Waals surface area (Å²) in [4.78, 5) is 26.0. The Morgan fingerprint density at radius 1 is 1.27 bits per heavy atom. The van der Waals surface area contributed by atoms with Crippen molar-refractivity contribution in [2.24, 2.45) is 0 Å². The summed E-state index contributed by atoms with van der Waals surface area (Å²) < 4.78 is 4.89. The van der Waals surface area contributed by atoms with Gasteiger partial charge in [0.05, 0.1) is 11.5 Å². The van der Waals surface area contributed by atoms with E-state index in [0.717, 1.165) is 6.42 Å². The summed E-state index contributed by atoms with van der Waals surface area (Å²) in [6, 6.07) is 11.9. The fourth-order valence-electron chi connectivity index (χ4n) is 2.74. The molecule has 0 atom stereocenters. The fourth-order valence-corrected chi connectivity index (χ4v) is 3.45. The lowest BCUT2D eigenvalue weighted by Crippen LogP contribution is -2.36. The molecule has 0 fully saturated rings. The van der Waals surface area contributed by atoms with Gasteiger partial charge in [-0.1, -0.05) is 41.6 Å². The first-order valence-electron chi connectivity index (χ1n) is 8.45. The van der Waals surface area contributed by atoms with Gasteiger partial charge in [-0.25, -0.2) is 0 Å². The summed E-state index contributed by atoms with van der Waals surface area (Å²) in [5, 5.41) is 6.35. The Bertz CT molecular complexity index is 801. The Labute approximate surface area is 156 Å². The molecule has 3 rings (SSSR count). The van der Waals surface area contributed by atoms with E-state index in [0.29, 0.717) is 30.4 Å². The molecule has 0 unspecified atom stereocenters. The lowest BCUT2D eigenvalue weighted by Gasteiger charge is -2.26. The van der Waals surface area contributed by atoms with Crippen molar-refractivity contribution in [1.29, 1.82) is 0 Å². The second kappa shape index (κ2) is 8.71. The predicted octanol–water partition coefficient (Wildman–Crippen LogP) is 2.97. The molecule has 2 amide bonds. The molecule has 1 N–H and O–H groups in total. The highest BCUT2D eigenvalue weighted by molar-refractivity contribution is 8.00. The van der Waals surface area contributed by atoms with Crippen molar-refractivity contribution in [3.05, 3.63) is 53.8 Å². The predicted molar refractivity (Wildman–Crippen MR) is 103 cm³/mol. The standard InChI is InChI=1S/C19H21N3O3S/c1-14-11-17(21-25-14)20-18(23)12-26-13-19(24)22-9-7-16(8-10-22)15-5-3-2-4-6-15/h2-7,11H,8-10,12-13H2,1H3,(H,20,21,23). The smallest absolute Gasteiger partial charge is 0.235 e. The maximum absolute atomic E-state index is 12.3. The minimum atomic E-state index is -0.194. The minimum Gasteiger partial charge on any atom is -0.360 e. The monoisotopic (exact) mass is 371 g/mol. The summed E-state index contributed by atoms with van der Waals surface area (Å²) in [5.74, 6) is 1.39. The number of carbonyl (C=O) groups excluding carboxylic acids is 2. The molecule has 0 spiro atoms. The maximum atomic E-state index is 12.3. The number of carbonyl (C=O) groups is 2. The van der Waals surface area contributed by atoms with Crippen LogP contribution in [-0.4, -0.2) is 46.5 Å². The third-order valence-electron chi connectivity index (χ3n) is 4.06. The van der Waals surface area contributed by atoms with Gasteiger partial charge in [0.1, 0.15) is 5.76 Å². The number of thioether (sulfide) groups is 1. The van der Waals surface area contributed by atoms with Gasteiger partial charge < -0.3 is 14.7 Å². The van der Waals surface area contributed by atoms with Gasteiger partial charge in [-0.15, -0.1) is 11.8 Å². The number of hydrogen-bond acceptors (Lipinski definition) is 5. The molecule has 7 heteroatoms. The Hall–Kier alpha value is -2.54. The van der Waals surface area contributed by atoms with Crippen LogP contribution in [0.15, 0.2) is 47.0 Å². The minimum absolute atomic E-state index is 0.0587. The average molecular weight is 371 g/mol. The number of benzene rings is 1. The van der Waals surface area contributed by atoms with Crippen molar-refractivity contribution in [1.82, 2.24) is 10.1 Å². The molecule has 0 aliphatic carbocycles. The molecule has 2 heterocycles. The van der Waals surface area contributed by atoms with Gasteiger partial charge in [0.25, 0.3) is 0 Å². The highest BCUT2D eigenvalue weighted by Gasteiger charge is 2.18. The van der Waals surface area contributed by atoms with E-state index < -0.39 is 0 Å². The third-order valence-corrected chi connectivity index (χ3v) is 4.98. The van der Waals surface area contributed by atoms with Crippen LogP contribution in [-0.2, 0) is 9.59 Å². The van der Waals surface area contributed by atoms with Crippen molar-refractivity contribution in [2.45, 2.75) is 13.3 Å². The van der Waals surface area contributed by atoms with E-state index in [1.807, 2.05) is 23.1 Å². The van der Waals surface area contributed by atoms with Crippen LogP contribution < -0.4 is 5.32 Å². The van der Waals surface area contributed by atoms with Crippen LogP contribution in [0.4, 0.5) is 5.82 Å². The average Bonchev–Trinajstić information content (AvgIpc) is 3.07. The summed E-state index contributed by atoms with van der Waals surface area (Å²) in [6.07, 6.45) is 2.97. The number of anilines is 1. The molecule has 26 heavy (non-hydrogen) atoms. The van der Waals surface area contributed by atoms with E-state index in [4.69, 9.17) is 4.52 Å². The van der Waals surface area contributed by atoms with Crippen molar-refractivity contribution in [3.8, 4) is 0 Å². The number of amides is 2. The molecule has 0 saturated heterocycles. The van der Waals surface area contributed by atoms with Crippen LogP contribution in [0.2, 0.25) is 0 Å². The lowest BCUT2D eigenvalue weighted by molar-refractivity contribution is -0.127. The van der Waals surface area contributed by atoms with Crippen LogP contribution in [0.1, 0.15) is 17.7 Å². The number of nitrogens with one attached hydrogen (secondary N) is 1. The molecular formula is C19H21N3O3S. The fraction of sp³-hybridized carbons (Fsp3) is 0.316. The molecule has 0 bridgehead atoms. The Morgan fingerprint density at radius 3 is 2.73 bits per heavy atom. The first-order chi connectivity index (χ1) is 12.6. The van der Waals surface area contributed by atoms with Crippen molar-refractivity contribution < 1.29 is 14.1 Å². The molecule has 136 valence electrons. The zero-order chi connectivity index (χ0) is 18.4. The highest BCUT2D eigenvalue weighted by Crippen LogP contribution is 2.22. The van der Waals surface area contributed by atoms with Crippen molar-refractivity contribution in [3.63, 3.8) is 0 Å². The van der Waals surface area contributed by atoms with E-state index in [1.54, 1.807) is 13.0 Å². The Kier molecular flexibility index (Phi) is 6.12. The molecule has 1 aromatic carbocycles. The van der Waals surface area contributed by atoms with E-state index in [2.05, 4.69) is 28.7 Å². The van der Waals surface area contributed by atoms with Crippen LogP contribution in [0.25, 0.3) is 5.57 Å². The number of rotatable bonds is 6. The topological polar surface area (TPSA) is 75.4 Å². The van der Waals surface area contributed by atoms with E-state index >= 15 is 0 Å². The van der Waals surface area contributed by atoms with Gasteiger partial charge in [0.15, 0.2) is 5.82 Å². The van der Waals surface area contributed by atoms with Crippen LogP contribution in [0, 0.1) is 6.92 Å². The van der Waals surface area contributed by atoms with E-state index in [9.17, 15) is 9.59 Å². The summed E-state index contributed by atoms with van der Waals surface area (Å²) in [5.41, 5.74) is 2.50. The summed E-state index contributed by atoms with van der Waals surface area (Å²) in [6.45, 7) is 3.09. The van der Waals surface area contributed by atoms with E-state index in [-0.39, 0.29) is 17.6 Å². The Balaban J connectivity index is 1.40.